The lowest BCUT2D eigenvalue weighted by molar-refractivity contribution is -0.129. The van der Waals surface area contributed by atoms with Crippen molar-refractivity contribution < 1.29 is 18.4 Å². The average Bonchev–Trinajstić information content (AvgIpc) is 3.77. The molecule has 6 heterocycles. The molecule has 41 heavy (non-hydrogen) atoms. The number of benzene rings is 1. The van der Waals surface area contributed by atoms with Crippen LogP contribution >= 0.6 is 11.6 Å². The summed E-state index contributed by atoms with van der Waals surface area (Å²) >= 11 is 6.11. The van der Waals surface area contributed by atoms with Crippen LogP contribution in [0.3, 0.4) is 0 Å². The number of rotatable bonds is 5. The third kappa shape index (κ3) is 4.19. The van der Waals surface area contributed by atoms with Crippen LogP contribution in [0.4, 0.5) is 14.6 Å². The zero-order valence-electron chi connectivity index (χ0n) is 21.5. The summed E-state index contributed by atoms with van der Waals surface area (Å²) in [4.78, 5) is 40.5. The van der Waals surface area contributed by atoms with Gasteiger partial charge < -0.3 is 9.88 Å². The van der Waals surface area contributed by atoms with Gasteiger partial charge in [0.15, 0.2) is 17.5 Å². The van der Waals surface area contributed by atoms with Crippen LogP contribution in [0.15, 0.2) is 43.0 Å². The van der Waals surface area contributed by atoms with Crippen LogP contribution in [0, 0.1) is 11.6 Å². The van der Waals surface area contributed by atoms with Gasteiger partial charge in [-0.25, -0.2) is 18.7 Å². The summed E-state index contributed by atoms with van der Waals surface area (Å²) < 4.78 is 32.1. The van der Waals surface area contributed by atoms with Gasteiger partial charge in [0.2, 0.25) is 11.8 Å². The number of nitrogens with zero attached hydrogens (tertiary/aromatic N) is 8. The number of halogens is 3. The van der Waals surface area contributed by atoms with Crippen LogP contribution in [0.25, 0.3) is 22.5 Å². The van der Waals surface area contributed by atoms with E-state index in [1.807, 2.05) is 0 Å². The van der Waals surface area contributed by atoms with Crippen LogP contribution < -0.4 is 4.90 Å². The van der Waals surface area contributed by atoms with E-state index in [-0.39, 0.29) is 45.9 Å². The van der Waals surface area contributed by atoms with Crippen molar-refractivity contribution in [3.8, 4) is 16.9 Å². The van der Waals surface area contributed by atoms with Crippen molar-refractivity contribution in [1.82, 2.24) is 40.1 Å². The van der Waals surface area contributed by atoms with E-state index in [4.69, 9.17) is 11.6 Å². The molecule has 0 radical (unpaired) electrons. The molecule has 2 saturated heterocycles. The van der Waals surface area contributed by atoms with E-state index >= 15 is 8.78 Å². The number of aromatic nitrogens is 7. The number of hydrogen-bond donors (Lipinski definition) is 1. The van der Waals surface area contributed by atoms with Gasteiger partial charge in [0, 0.05) is 42.4 Å². The number of fused-ring (bicyclic) bond motifs is 1. The summed E-state index contributed by atoms with van der Waals surface area (Å²) in [5.74, 6) is -1.18. The number of amides is 2. The first-order valence-electron chi connectivity index (χ1n) is 13.2. The van der Waals surface area contributed by atoms with Crippen LogP contribution in [-0.2, 0) is 9.59 Å². The molecule has 3 aromatic heterocycles. The zero-order valence-corrected chi connectivity index (χ0v) is 22.2. The fraction of sp³-hybridized carbons (Fsp3) is 0.296. The summed E-state index contributed by atoms with van der Waals surface area (Å²) in [6, 6.07) is 3.99. The van der Waals surface area contributed by atoms with Gasteiger partial charge in [-0.05, 0) is 59.9 Å². The Morgan fingerprint density at radius 2 is 1.95 bits per heavy atom. The molecule has 11 nitrogen and oxygen atoms in total. The summed E-state index contributed by atoms with van der Waals surface area (Å²) in [7, 11) is 0. The predicted molar refractivity (Wildman–Crippen MR) is 143 cm³/mol. The van der Waals surface area contributed by atoms with Gasteiger partial charge >= 0.3 is 0 Å². The standard InChI is InChI=1S/C27H22ClF2N9O2/c28-17-4-6-19(38-13-33-35-36-38)23(25(17)30)14-10-15-3-5-20(39(15)22(41)11-14)26-32-12-18(34-26)16-7-8-31-27(24(16)29)37-9-1-2-21(37)40/h4,6-8,11-13,15,20H,1-3,5,9-10H2,(H,32,34)/t15-,20+/m1/s1. The van der Waals surface area contributed by atoms with E-state index in [1.54, 1.807) is 11.0 Å². The van der Waals surface area contributed by atoms with Gasteiger partial charge in [-0.2, -0.15) is 4.68 Å². The Balaban J connectivity index is 1.19. The molecule has 1 aromatic carbocycles. The number of aromatic amines is 1. The Hall–Kier alpha value is -4.52. The van der Waals surface area contributed by atoms with Gasteiger partial charge in [0.25, 0.3) is 0 Å². The molecule has 0 spiro atoms. The minimum Gasteiger partial charge on any atom is -0.340 e. The first-order chi connectivity index (χ1) is 19.9. The lowest BCUT2D eigenvalue weighted by Gasteiger charge is -2.33. The molecule has 0 unspecified atom stereocenters. The second kappa shape index (κ2) is 9.84. The Morgan fingerprint density at radius 1 is 1.07 bits per heavy atom. The van der Waals surface area contributed by atoms with Crippen LogP contribution in [0.2, 0.25) is 5.02 Å². The SMILES string of the molecule is O=C1CCCN1c1nccc(-c2cnc([C@@H]3CC[C@@H]4CC(c5c(-n6cnnn6)ccc(Cl)c5F)=CC(=O)N43)[nH]2)c1F. The topological polar surface area (TPSA) is 126 Å². The molecule has 3 aliphatic rings. The van der Waals surface area contributed by atoms with Gasteiger partial charge in [0.05, 0.1) is 28.6 Å². The molecule has 208 valence electrons. The van der Waals surface area contributed by atoms with Crippen LogP contribution in [-0.4, -0.2) is 64.5 Å². The van der Waals surface area contributed by atoms with Crippen molar-refractivity contribution in [2.24, 2.45) is 0 Å². The number of tetrazole rings is 1. The predicted octanol–water partition coefficient (Wildman–Crippen LogP) is 4.03. The molecular formula is C27H22ClF2N9O2. The fourth-order valence-electron chi connectivity index (χ4n) is 6.05. The Labute approximate surface area is 236 Å². The number of pyridine rings is 1. The first kappa shape index (κ1) is 25.4. The summed E-state index contributed by atoms with van der Waals surface area (Å²) in [6.45, 7) is 0.423. The molecule has 2 amide bonds. The number of carbonyl (C=O) groups excluding carboxylic acids is 2. The van der Waals surface area contributed by atoms with Crippen molar-refractivity contribution in [3.63, 3.8) is 0 Å². The largest absolute Gasteiger partial charge is 0.340 e. The smallest absolute Gasteiger partial charge is 0.247 e. The van der Waals surface area contributed by atoms with Crippen molar-refractivity contribution in [3.05, 3.63) is 71.0 Å². The monoisotopic (exact) mass is 577 g/mol. The molecule has 4 aromatic rings. The van der Waals surface area contributed by atoms with Gasteiger partial charge in [-0.15, -0.1) is 5.10 Å². The highest BCUT2D eigenvalue weighted by Crippen LogP contribution is 2.44. The zero-order chi connectivity index (χ0) is 28.2. The Bertz CT molecular complexity index is 1720. The van der Waals surface area contributed by atoms with Crippen molar-refractivity contribution in [1.29, 1.82) is 0 Å². The highest BCUT2D eigenvalue weighted by Gasteiger charge is 2.42. The molecule has 7 rings (SSSR count). The number of nitrogens with one attached hydrogen (secondary N) is 1. The molecule has 0 saturated carbocycles. The maximum atomic E-state index is 15.5. The van der Waals surface area contributed by atoms with Crippen LogP contribution in [0.5, 0.6) is 0 Å². The van der Waals surface area contributed by atoms with E-state index < -0.39 is 11.6 Å². The molecular weight excluding hydrogens is 556 g/mol. The van der Waals surface area contributed by atoms with Crippen molar-refractivity contribution in [2.45, 2.75) is 44.2 Å². The van der Waals surface area contributed by atoms with Gasteiger partial charge in [0.1, 0.15) is 12.2 Å². The lowest BCUT2D eigenvalue weighted by atomic mass is 9.92. The van der Waals surface area contributed by atoms with E-state index in [9.17, 15) is 9.59 Å². The molecule has 0 bridgehead atoms. The molecule has 2 atom stereocenters. The van der Waals surface area contributed by atoms with Gasteiger partial charge in [-0.3, -0.25) is 14.5 Å². The Kier molecular flexibility index (Phi) is 6.11. The van der Waals surface area contributed by atoms with Crippen molar-refractivity contribution in [2.75, 3.05) is 11.4 Å². The molecule has 1 N–H and O–H groups in total. The summed E-state index contributed by atoms with van der Waals surface area (Å²) in [5.41, 5.74) is 1.72. The minimum absolute atomic E-state index is 0.000228. The number of hydrogen-bond acceptors (Lipinski definition) is 7. The number of H-pyrrole nitrogens is 1. The first-order valence-corrected chi connectivity index (χ1v) is 13.5. The fourth-order valence-corrected chi connectivity index (χ4v) is 6.21. The maximum Gasteiger partial charge on any atom is 0.247 e. The second-order valence-corrected chi connectivity index (χ2v) is 10.6. The molecule has 0 aliphatic carbocycles. The second-order valence-electron chi connectivity index (χ2n) is 10.2. The molecule has 2 fully saturated rings. The Morgan fingerprint density at radius 3 is 2.73 bits per heavy atom. The van der Waals surface area contributed by atoms with Crippen molar-refractivity contribution >= 4 is 34.8 Å². The third-order valence-electron chi connectivity index (χ3n) is 7.90. The number of anilines is 1. The minimum atomic E-state index is -0.647. The average molecular weight is 578 g/mol. The third-order valence-corrected chi connectivity index (χ3v) is 8.19. The highest BCUT2D eigenvalue weighted by atomic mass is 35.5. The van der Waals surface area contributed by atoms with E-state index in [2.05, 4.69) is 30.5 Å². The van der Waals surface area contributed by atoms with E-state index in [1.165, 1.54) is 46.5 Å². The highest BCUT2D eigenvalue weighted by molar-refractivity contribution is 6.31. The van der Waals surface area contributed by atoms with E-state index in [0.717, 1.165) is 0 Å². The lowest BCUT2D eigenvalue weighted by Crippen LogP contribution is -2.39. The summed E-state index contributed by atoms with van der Waals surface area (Å²) in [6.07, 6.45) is 8.46. The molecule has 14 heteroatoms. The maximum absolute atomic E-state index is 15.5. The van der Waals surface area contributed by atoms with E-state index in [0.29, 0.717) is 61.4 Å². The quantitative estimate of drug-likeness (QED) is 0.380. The van der Waals surface area contributed by atoms with Gasteiger partial charge in [-0.1, -0.05) is 11.6 Å². The number of imidazole rings is 1. The summed E-state index contributed by atoms with van der Waals surface area (Å²) in [5, 5.41) is 11.1. The van der Waals surface area contributed by atoms with Crippen LogP contribution in [0.1, 0.15) is 49.5 Å². The molecule has 3 aliphatic heterocycles. The normalized spacial score (nSPS) is 20.6. The number of carbonyl (C=O) groups is 2.